The maximum Gasteiger partial charge on any atom is 0.123 e. The molecule has 0 unspecified atom stereocenters. The van der Waals surface area contributed by atoms with Gasteiger partial charge in [0.2, 0.25) is 0 Å². The summed E-state index contributed by atoms with van der Waals surface area (Å²) in [5.41, 5.74) is 1.18. The van der Waals surface area contributed by atoms with Crippen LogP contribution >= 0.6 is 12.4 Å². The Morgan fingerprint density at radius 3 is 2.87 bits per heavy atom. The summed E-state index contributed by atoms with van der Waals surface area (Å²) < 4.78 is 10.7. The van der Waals surface area contributed by atoms with Crippen molar-refractivity contribution in [2.45, 2.75) is 6.04 Å². The topological polar surface area (TPSA) is 30.5 Å². The van der Waals surface area contributed by atoms with Crippen molar-refractivity contribution < 1.29 is 9.47 Å². The van der Waals surface area contributed by atoms with E-state index in [2.05, 4.69) is 11.4 Å². The number of halogens is 1. The van der Waals surface area contributed by atoms with Gasteiger partial charge in [0, 0.05) is 12.1 Å². The molecule has 0 amide bonds. The molecule has 0 bridgehead atoms. The van der Waals surface area contributed by atoms with Crippen LogP contribution in [0.3, 0.4) is 0 Å². The van der Waals surface area contributed by atoms with Crippen LogP contribution in [0, 0.1) is 0 Å². The molecule has 84 valence electrons. The zero-order valence-corrected chi connectivity index (χ0v) is 9.55. The van der Waals surface area contributed by atoms with E-state index in [4.69, 9.17) is 9.47 Å². The Kier molecular flexibility index (Phi) is 4.88. The molecule has 1 aliphatic heterocycles. The number of hydrogen-bond acceptors (Lipinski definition) is 3. The molecule has 1 N–H and O–H groups in total. The van der Waals surface area contributed by atoms with Crippen molar-refractivity contribution in [1.82, 2.24) is 5.32 Å². The first-order valence-electron chi connectivity index (χ1n) is 4.86. The molecule has 1 atom stereocenters. The molecule has 1 aliphatic rings. The second-order valence-electron chi connectivity index (χ2n) is 3.32. The van der Waals surface area contributed by atoms with Gasteiger partial charge in [-0.2, -0.15) is 0 Å². The fourth-order valence-corrected chi connectivity index (χ4v) is 1.72. The lowest BCUT2D eigenvalue weighted by molar-refractivity contribution is 0.0760. The van der Waals surface area contributed by atoms with Gasteiger partial charge in [0.15, 0.2) is 0 Å². The van der Waals surface area contributed by atoms with Gasteiger partial charge >= 0.3 is 0 Å². The molecule has 1 heterocycles. The highest BCUT2D eigenvalue weighted by Gasteiger charge is 2.17. The fraction of sp³-hybridized carbons (Fsp3) is 0.455. The number of morpholine rings is 1. The lowest BCUT2D eigenvalue weighted by atomic mass is 10.1. The summed E-state index contributed by atoms with van der Waals surface area (Å²) in [6.45, 7) is 2.43. The molecule has 1 saturated heterocycles. The maximum absolute atomic E-state index is 5.42. The zero-order chi connectivity index (χ0) is 9.80. The Morgan fingerprint density at radius 2 is 2.20 bits per heavy atom. The first kappa shape index (κ1) is 12.3. The van der Waals surface area contributed by atoms with E-state index in [0.717, 1.165) is 25.5 Å². The SMILES string of the molecule is COc1ccccc1[C@H]1COCCN1.Cl. The molecule has 1 aromatic carbocycles. The van der Waals surface area contributed by atoms with Gasteiger partial charge in [-0.3, -0.25) is 0 Å². The van der Waals surface area contributed by atoms with E-state index in [0.29, 0.717) is 0 Å². The van der Waals surface area contributed by atoms with Gasteiger partial charge in [-0.1, -0.05) is 18.2 Å². The van der Waals surface area contributed by atoms with Crippen molar-refractivity contribution in [1.29, 1.82) is 0 Å². The predicted octanol–water partition coefficient (Wildman–Crippen LogP) is 1.78. The molecule has 0 aromatic heterocycles. The number of para-hydroxylation sites is 1. The average molecular weight is 230 g/mol. The van der Waals surface area contributed by atoms with Gasteiger partial charge in [0.1, 0.15) is 5.75 Å². The first-order chi connectivity index (χ1) is 6.92. The van der Waals surface area contributed by atoms with Gasteiger partial charge in [-0.15, -0.1) is 12.4 Å². The Morgan fingerprint density at radius 1 is 1.40 bits per heavy atom. The second kappa shape index (κ2) is 5.95. The Hall–Kier alpha value is -0.770. The monoisotopic (exact) mass is 229 g/mol. The largest absolute Gasteiger partial charge is 0.496 e. The minimum Gasteiger partial charge on any atom is -0.496 e. The molecule has 1 fully saturated rings. The quantitative estimate of drug-likeness (QED) is 0.839. The minimum atomic E-state index is 0. The molecule has 0 radical (unpaired) electrons. The molecule has 4 heteroatoms. The summed E-state index contributed by atoms with van der Waals surface area (Å²) in [4.78, 5) is 0. The van der Waals surface area contributed by atoms with E-state index >= 15 is 0 Å². The number of hydrogen-bond donors (Lipinski definition) is 1. The van der Waals surface area contributed by atoms with E-state index in [9.17, 15) is 0 Å². The van der Waals surface area contributed by atoms with Gasteiger partial charge in [-0.05, 0) is 6.07 Å². The van der Waals surface area contributed by atoms with Gasteiger partial charge < -0.3 is 14.8 Å². The van der Waals surface area contributed by atoms with E-state index in [1.54, 1.807) is 7.11 Å². The van der Waals surface area contributed by atoms with E-state index in [1.165, 1.54) is 5.56 Å². The van der Waals surface area contributed by atoms with Crippen molar-refractivity contribution in [3.63, 3.8) is 0 Å². The Bertz CT molecular complexity index is 300. The van der Waals surface area contributed by atoms with Crippen molar-refractivity contribution in [2.24, 2.45) is 0 Å². The third-order valence-corrected chi connectivity index (χ3v) is 2.44. The summed E-state index contributed by atoms with van der Waals surface area (Å²) in [6, 6.07) is 8.32. The molecule has 0 spiro atoms. The highest BCUT2D eigenvalue weighted by atomic mass is 35.5. The standard InChI is InChI=1S/C11H15NO2.ClH/c1-13-11-5-3-2-4-9(11)10-8-14-7-6-12-10;/h2-5,10,12H,6-8H2,1H3;1H/t10-;/m1./s1. The highest BCUT2D eigenvalue weighted by molar-refractivity contribution is 5.85. The summed E-state index contributed by atoms with van der Waals surface area (Å²) in [5, 5.41) is 3.41. The van der Waals surface area contributed by atoms with Gasteiger partial charge in [-0.25, -0.2) is 0 Å². The van der Waals surface area contributed by atoms with Crippen LogP contribution < -0.4 is 10.1 Å². The number of methoxy groups -OCH3 is 1. The normalized spacial score (nSPS) is 20.5. The first-order valence-corrected chi connectivity index (χ1v) is 4.86. The van der Waals surface area contributed by atoms with Crippen LogP contribution in [0.2, 0.25) is 0 Å². The summed E-state index contributed by atoms with van der Waals surface area (Å²) >= 11 is 0. The fourth-order valence-electron chi connectivity index (χ4n) is 1.72. The third-order valence-electron chi connectivity index (χ3n) is 2.44. The zero-order valence-electron chi connectivity index (χ0n) is 8.73. The van der Waals surface area contributed by atoms with Crippen LogP contribution in [-0.2, 0) is 4.74 Å². The maximum atomic E-state index is 5.42. The molecule has 0 aliphatic carbocycles. The summed E-state index contributed by atoms with van der Waals surface area (Å²) in [6.07, 6.45) is 0. The lowest BCUT2D eigenvalue weighted by Crippen LogP contribution is -2.34. The number of ether oxygens (including phenoxy) is 2. The molecule has 15 heavy (non-hydrogen) atoms. The third kappa shape index (κ3) is 2.84. The van der Waals surface area contributed by atoms with Crippen LogP contribution in [0.15, 0.2) is 24.3 Å². The van der Waals surface area contributed by atoms with Crippen molar-refractivity contribution in [3.05, 3.63) is 29.8 Å². The molecule has 0 saturated carbocycles. The van der Waals surface area contributed by atoms with E-state index in [1.807, 2.05) is 18.2 Å². The molecular formula is C11H16ClNO2. The average Bonchev–Trinajstić information content (AvgIpc) is 2.30. The Labute approximate surface area is 96.2 Å². The van der Waals surface area contributed by atoms with Gasteiger partial charge in [0.05, 0.1) is 26.4 Å². The molecular weight excluding hydrogens is 214 g/mol. The lowest BCUT2D eigenvalue weighted by Gasteiger charge is -2.25. The predicted molar refractivity (Wildman–Crippen MR) is 61.8 cm³/mol. The molecule has 1 aromatic rings. The van der Waals surface area contributed by atoms with Crippen LogP contribution in [-0.4, -0.2) is 26.9 Å². The molecule has 2 rings (SSSR count). The van der Waals surface area contributed by atoms with E-state index < -0.39 is 0 Å². The summed E-state index contributed by atoms with van der Waals surface area (Å²) in [7, 11) is 1.70. The highest BCUT2D eigenvalue weighted by Crippen LogP contribution is 2.25. The van der Waals surface area contributed by atoms with Crippen molar-refractivity contribution in [2.75, 3.05) is 26.9 Å². The number of rotatable bonds is 2. The smallest absolute Gasteiger partial charge is 0.123 e. The number of nitrogens with one attached hydrogen (secondary N) is 1. The van der Waals surface area contributed by atoms with Crippen LogP contribution in [0.25, 0.3) is 0 Å². The van der Waals surface area contributed by atoms with Crippen LogP contribution in [0.1, 0.15) is 11.6 Å². The van der Waals surface area contributed by atoms with Crippen molar-refractivity contribution in [3.8, 4) is 5.75 Å². The summed E-state index contributed by atoms with van der Waals surface area (Å²) in [5.74, 6) is 0.926. The van der Waals surface area contributed by atoms with Crippen LogP contribution in [0.5, 0.6) is 5.75 Å². The Balaban J connectivity index is 0.00000112. The second-order valence-corrected chi connectivity index (χ2v) is 3.32. The van der Waals surface area contributed by atoms with Gasteiger partial charge in [0.25, 0.3) is 0 Å². The van der Waals surface area contributed by atoms with E-state index in [-0.39, 0.29) is 18.4 Å². The minimum absolute atomic E-state index is 0. The van der Waals surface area contributed by atoms with Crippen LogP contribution in [0.4, 0.5) is 0 Å². The number of benzene rings is 1. The van der Waals surface area contributed by atoms with Crippen molar-refractivity contribution >= 4 is 12.4 Å². The molecule has 3 nitrogen and oxygen atoms in total.